The van der Waals surface area contributed by atoms with Crippen LogP contribution < -0.4 is 4.90 Å². The average molecular weight is 360 g/mol. The molecule has 0 unspecified atom stereocenters. The summed E-state index contributed by atoms with van der Waals surface area (Å²) < 4.78 is 1.89. The minimum atomic E-state index is -0.114. The van der Waals surface area contributed by atoms with Crippen LogP contribution in [0.2, 0.25) is 0 Å². The molecule has 1 amide bonds. The predicted octanol–water partition coefficient (Wildman–Crippen LogP) is 4.31. The van der Waals surface area contributed by atoms with Crippen molar-refractivity contribution in [2.45, 2.75) is 39.3 Å². The summed E-state index contributed by atoms with van der Waals surface area (Å²) in [5.41, 5.74) is 3.52. The van der Waals surface area contributed by atoms with Gasteiger partial charge in [-0.2, -0.15) is 10.1 Å². The monoisotopic (exact) mass is 360 g/mol. The van der Waals surface area contributed by atoms with Gasteiger partial charge in [0.2, 0.25) is 11.9 Å². The van der Waals surface area contributed by atoms with Gasteiger partial charge in [-0.15, -0.1) is 0 Å². The van der Waals surface area contributed by atoms with Crippen molar-refractivity contribution < 1.29 is 4.79 Å². The summed E-state index contributed by atoms with van der Waals surface area (Å²) in [6, 6.07) is 18.7. The van der Waals surface area contributed by atoms with Gasteiger partial charge in [-0.25, -0.2) is 4.68 Å². The Hall–Kier alpha value is -2.95. The molecule has 4 rings (SSSR count). The largest absolute Gasteiger partial charge is 0.274 e. The first-order valence-electron chi connectivity index (χ1n) is 9.40. The van der Waals surface area contributed by atoms with Crippen LogP contribution in [0.5, 0.6) is 0 Å². The number of anilines is 1. The number of carbonyl (C=O) groups excluding carboxylic acids is 1. The number of aryl methyl sites for hydroxylation is 1. The molecule has 0 N–H and O–H groups in total. The topological polar surface area (TPSA) is 51.0 Å². The Morgan fingerprint density at radius 1 is 1.00 bits per heavy atom. The van der Waals surface area contributed by atoms with Gasteiger partial charge in [0.05, 0.1) is 12.1 Å². The van der Waals surface area contributed by atoms with Gasteiger partial charge in [0.15, 0.2) is 0 Å². The maximum atomic E-state index is 13.1. The van der Waals surface area contributed by atoms with E-state index in [-0.39, 0.29) is 23.9 Å². The lowest BCUT2D eigenvalue weighted by Crippen LogP contribution is -2.44. The zero-order valence-corrected chi connectivity index (χ0v) is 15.9. The fourth-order valence-electron chi connectivity index (χ4n) is 3.75. The molecule has 3 aromatic rings. The maximum Gasteiger partial charge on any atom is 0.232 e. The lowest BCUT2D eigenvalue weighted by Gasteiger charge is -2.40. The van der Waals surface area contributed by atoms with Gasteiger partial charge in [0.25, 0.3) is 0 Å². The van der Waals surface area contributed by atoms with Crippen molar-refractivity contribution in [1.29, 1.82) is 0 Å². The molecule has 0 saturated carbocycles. The van der Waals surface area contributed by atoms with Crippen molar-refractivity contribution in [3.05, 3.63) is 77.6 Å². The summed E-state index contributed by atoms with van der Waals surface area (Å²) in [7, 11) is 0. The fraction of sp³-hybridized carbons (Fsp3) is 0.318. The summed E-state index contributed by atoms with van der Waals surface area (Å²) in [5, 5.41) is 4.46. The van der Waals surface area contributed by atoms with E-state index >= 15 is 0 Å². The molecule has 27 heavy (non-hydrogen) atoms. The summed E-state index contributed by atoms with van der Waals surface area (Å²) in [6.45, 7) is 5.93. The Morgan fingerprint density at radius 2 is 1.67 bits per heavy atom. The van der Waals surface area contributed by atoms with Crippen LogP contribution in [-0.4, -0.2) is 20.7 Å². The number of hydrogen-bond acceptors (Lipinski definition) is 3. The Kier molecular flexibility index (Phi) is 4.52. The van der Waals surface area contributed by atoms with Crippen LogP contribution in [0.1, 0.15) is 49.0 Å². The first-order chi connectivity index (χ1) is 13.1. The number of hydrogen-bond donors (Lipinski definition) is 0. The van der Waals surface area contributed by atoms with Crippen LogP contribution in [0.25, 0.3) is 0 Å². The minimum absolute atomic E-state index is 0.0474. The molecular formula is C22H24N4O. The highest BCUT2D eigenvalue weighted by Gasteiger charge is 2.39. The predicted molar refractivity (Wildman–Crippen MR) is 105 cm³/mol. The Labute approximate surface area is 159 Å². The van der Waals surface area contributed by atoms with E-state index in [1.165, 1.54) is 11.1 Å². The van der Waals surface area contributed by atoms with E-state index in [4.69, 9.17) is 0 Å². The lowest BCUT2D eigenvalue weighted by atomic mass is 9.91. The summed E-state index contributed by atoms with van der Waals surface area (Å²) in [5.74, 6) is 0.581. The molecule has 5 heteroatoms. The van der Waals surface area contributed by atoms with Crippen molar-refractivity contribution in [2.24, 2.45) is 5.92 Å². The van der Waals surface area contributed by atoms with Gasteiger partial charge >= 0.3 is 0 Å². The smallest absolute Gasteiger partial charge is 0.232 e. The van der Waals surface area contributed by atoms with Gasteiger partial charge in [0, 0.05) is 5.92 Å². The SMILES string of the molecule is Cc1ccc([C@H]2C[C@H](c3ccccc3)n3ncnc3N2C(=O)C(C)C)cc1. The van der Waals surface area contributed by atoms with E-state index in [0.717, 1.165) is 12.0 Å². The van der Waals surface area contributed by atoms with E-state index in [1.54, 1.807) is 6.33 Å². The van der Waals surface area contributed by atoms with Gasteiger partial charge in [-0.05, 0) is 24.5 Å². The second kappa shape index (κ2) is 6.99. The molecule has 1 aliphatic heterocycles. The Morgan fingerprint density at radius 3 is 2.33 bits per heavy atom. The third kappa shape index (κ3) is 3.14. The summed E-state index contributed by atoms with van der Waals surface area (Å²) >= 11 is 0. The van der Waals surface area contributed by atoms with Gasteiger partial charge in [-0.1, -0.05) is 74.0 Å². The van der Waals surface area contributed by atoms with Crippen LogP contribution in [-0.2, 0) is 4.79 Å². The molecule has 2 heterocycles. The average Bonchev–Trinajstić information content (AvgIpc) is 3.17. The zero-order chi connectivity index (χ0) is 19.0. The second-order valence-electron chi connectivity index (χ2n) is 7.46. The second-order valence-corrected chi connectivity index (χ2v) is 7.46. The number of nitrogens with zero attached hydrogens (tertiary/aromatic N) is 4. The van der Waals surface area contributed by atoms with Crippen molar-refractivity contribution in [1.82, 2.24) is 14.8 Å². The molecule has 138 valence electrons. The number of carbonyl (C=O) groups is 1. The molecule has 0 saturated heterocycles. The van der Waals surface area contributed by atoms with Crippen LogP contribution in [0.15, 0.2) is 60.9 Å². The van der Waals surface area contributed by atoms with Crippen molar-refractivity contribution >= 4 is 11.9 Å². The van der Waals surface area contributed by atoms with E-state index in [2.05, 4.69) is 53.4 Å². The molecule has 0 radical (unpaired) electrons. The molecular weight excluding hydrogens is 336 g/mol. The molecule has 0 spiro atoms. The lowest BCUT2D eigenvalue weighted by molar-refractivity contribution is -0.122. The van der Waals surface area contributed by atoms with Crippen LogP contribution in [0.4, 0.5) is 5.95 Å². The third-order valence-corrected chi connectivity index (χ3v) is 5.20. The summed E-state index contributed by atoms with van der Waals surface area (Å²) in [6.07, 6.45) is 2.31. The molecule has 1 aliphatic rings. The molecule has 0 fully saturated rings. The van der Waals surface area contributed by atoms with Crippen molar-refractivity contribution in [2.75, 3.05) is 4.90 Å². The molecule has 0 bridgehead atoms. The maximum absolute atomic E-state index is 13.1. The number of benzene rings is 2. The zero-order valence-electron chi connectivity index (χ0n) is 15.9. The quantitative estimate of drug-likeness (QED) is 0.699. The highest BCUT2D eigenvalue weighted by molar-refractivity contribution is 5.94. The molecule has 2 aromatic carbocycles. The number of fused-ring (bicyclic) bond motifs is 1. The van der Waals surface area contributed by atoms with Crippen LogP contribution in [0.3, 0.4) is 0 Å². The van der Waals surface area contributed by atoms with Crippen molar-refractivity contribution in [3.8, 4) is 0 Å². The molecule has 2 atom stereocenters. The number of aromatic nitrogens is 3. The number of rotatable bonds is 3. The minimum Gasteiger partial charge on any atom is -0.274 e. The van der Waals surface area contributed by atoms with Gasteiger partial charge in [-0.3, -0.25) is 9.69 Å². The van der Waals surface area contributed by atoms with E-state index < -0.39 is 0 Å². The van der Waals surface area contributed by atoms with E-state index in [1.807, 2.05) is 41.6 Å². The normalized spacial score (nSPS) is 19.2. The van der Waals surface area contributed by atoms with Gasteiger partial charge in [0.1, 0.15) is 6.33 Å². The first-order valence-corrected chi connectivity index (χ1v) is 9.40. The highest BCUT2D eigenvalue weighted by Crippen LogP contribution is 2.42. The van der Waals surface area contributed by atoms with Crippen LogP contribution in [0, 0.1) is 12.8 Å². The molecule has 0 aliphatic carbocycles. The summed E-state index contributed by atoms with van der Waals surface area (Å²) in [4.78, 5) is 19.4. The van der Waals surface area contributed by atoms with E-state index in [0.29, 0.717) is 5.95 Å². The van der Waals surface area contributed by atoms with E-state index in [9.17, 15) is 4.79 Å². The first kappa shape index (κ1) is 17.5. The number of amides is 1. The Balaban J connectivity index is 1.85. The third-order valence-electron chi connectivity index (χ3n) is 5.20. The van der Waals surface area contributed by atoms with Crippen molar-refractivity contribution in [3.63, 3.8) is 0 Å². The highest BCUT2D eigenvalue weighted by atomic mass is 16.2. The molecule has 5 nitrogen and oxygen atoms in total. The van der Waals surface area contributed by atoms with Gasteiger partial charge < -0.3 is 0 Å². The Bertz CT molecular complexity index is 930. The van der Waals surface area contributed by atoms with Crippen LogP contribution >= 0.6 is 0 Å². The standard InChI is InChI=1S/C22H24N4O/c1-15(2)21(27)25-19(18-11-9-16(3)10-12-18)13-20(17-7-5-4-6-8-17)26-22(25)23-14-24-26/h4-12,14-15,19-20H,13H2,1-3H3/t19-,20-/m1/s1. The fourth-order valence-corrected chi connectivity index (χ4v) is 3.75. The molecule has 1 aromatic heterocycles.